The van der Waals surface area contributed by atoms with Crippen LogP contribution in [0.1, 0.15) is 25.8 Å². The van der Waals surface area contributed by atoms with Gasteiger partial charge in [0.2, 0.25) is 0 Å². The molecule has 0 saturated heterocycles. The molecular weight excluding hydrogens is 291 g/mol. The summed E-state index contributed by atoms with van der Waals surface area (Å²) in [6, 6.07) is 7.72. The monoisotopic (exact) mass is 308 g/mol. The zero-order chi connectivity index (χ0) is 13.6. The van der Waals surface area contributed by atoms with Crippen molar-refractivity contribution in [1.29, 1.82) is 0 Å². The molecule has 0 saturated carbocycles. The first-order valence-corrected chi connectivity index (χ1v) is 7.48. The van der Waals surface area contributed by atoms with E-state index >= 15 is 0 Å². The normalized spacial score (nSPS) is 12.1. The molecule has 102 valence electrons. The van der Waals surface area contributed by atoms with Crippen LogP contribution in [0.25, 0.3) is 0 Å². The Morgan fingerprint density at radius 2 is 1.67 bits per heavy atom. The lowest BCUT2D eigenvalue weighted by Gasteiger charge is -2.30. The molecule has 0 aliphatic heterocycles. The van der Waals surface area contributed by atoms with Gasteiger partial charge in [0.1, 0.15) is 0 Å². The first-order valence-electron chi connectivity index (χ1n) is 6.03. The molecule has 0 fully saturated rings. The third kappa shape index (κ3) is 4.31. The number of benzene rings is 1. The first kappa shape index (κ1) is 16.1. The van der Waals surface area contributed by atoms with Crippen LogP contribution >= 0.6 is 34.8 Å². The van der Waals surface area contributed by atoms with Gasteiger partial charge in [-0.3, -0.25) is 0 Å². The molecule has 0 spiro atoms. The van der Waals surface area contributed by atoms with Crippen LogP contribution in [0.3, 0.4) is 0 Å². The van der Waals surface area contributed by atoms with Crippen molar-refractivity contribution in [3.63, 3.8) is 0 Å². The summed E-state index contributed by atoms with van der Waals surface area (Å²) in [5.41, 5.74) is 0.868. The predicted octanol–water partition coefficient (Wildman–Crippen LogP) is 4.87. The topological polar surface area (TPSA) is 9.23 Å². The largest absolute Gasteiger partial charge is 0.379 e. The van der Waals surface area contributed by atoms with Gasteiger partial charge >= 0.3 is 0 Å². The van der Waals surface area contributed by atoms with Crippen molar-refractivity contribution in [3.8, 4) is 0 Å². The highest BCUT2D eigenvalue weighted by Gasteiger charge is 2.30. The van der Waals surface area contributed by atoms with Gasteiger partial charge in [0.05, 0.1) is 6.10 Å². The second-order valence-corrected chi connectivity index (χ2v) is 5.69. The molecule has 0 bridgehead atoms. The van der Waals surface area contributed by atoms with E-state index in [1.807, 2.05) is 38.1 Å². The van der Waals surface area contributed by atoms with E-state index in [1.54, 1.807) is 0 Å². The molecule has 1 nitrogen and oxygen atoms in total. The highest BCUT2D eigenvalue weighted by atomic mass is 35.5. The van der Waals surface area contributed by atoms with Crippen molar-refractivity contribution < 1.29 is 4.74 Å². The van der Waals surface area contributed by atoms with E-state index in [-0.39, 0.29) is 11.5 Å². The maximum absolute atomic E-state index is 6.14. The zero-order valence-electron chi connectivity index (χ0n) is 10.8. The smallest absolute Gasteiger partial charge is 0.0518 e. The van der Waals surface area contributed by atoms with Gasteiger partial charge in [-0.1, -0.05) is 23.7 Å². The second-order valence-electron chi connectivity index (χ2n) is 4.72. The average molecular weight is 310 g/mol. The lowest BCUT2D eigenvalue weighted by atomic mass is 9.81. The maximum Gasteiger partial charge on any atom is 0.0518 e. The van der Waals surface area contributed by atoms with Crippen LogP contribution < -0.4 is 0 Å². The van der Waals surface area contributed by atoms with Crippen molar-refractivity contribution in [2.24, 2.45) is 0 Å². The van der Waals surface area contributed by atoms with E-state index in [0.29, 0.717) is 18.4 Å². The van der Waals surface area contributed by atoms with Gasteiger partial charge in [0, 0.05) is 28.8 Å². The minimum atomic E-state index is -0.247. The first-order chi connectivity index (χ1) is 8.54. The number of halogens is 3. The van der Waals surface area contributed by atoms with Crippen molar-refractivity contribution in [3.05, 3.63) is 34.9 Å². The number of hydrogen-bond acceptors (Lipinski definition) is 1. The Morgan fingerprint density at radius 1 is 1.11 bits per heavy atom. The van der Waals surface area contributed by atoms with Gasteiger partial charge in [-0.15, -0.1) is 23.2 Å². The van der Waals surface area contributed by atoms with Gasteiger partial charge in [0.15, 0.2) is 0 Å². The summed E-state index contributed by atoms with van der Waals surface area (Å²) in [6.45, 7) is 4.69. The fourth-order valence-corrected chi connectivity index (χ4v) is 2.75. The second kappa shape index (κ2) is 7.59. The molecule has 0 N–H and O–H groups in total. The molecule has 1 aromatic carbocycles. The van der Waals surface area contributed by atoms with Gasteiger partial charge < -0.3 is 4.74 Å². The van der Waals surface area contributed by atoms with E-state index < -0.39 is 0 Å². The fourth-order valence-electron chi connectivity index (χ4n) is 1.76. The van der Waals surface area contributed by atoms with E-state index in [2.05, 4.69) is 0 Å². The molecule has 1 aromatic rings. The molecular formula is C14H19Cl3O. The number of rotatable bonds is 7. The summed E-state index contributed by atoms with van der Waals surface area (Å²) in [7, 11) is 0. The average Bonchev–Trinajstić information content (AvgIpc) is 2.36. The Kier molecular flexibility index (Phi) is 6.79. The van der Waals surface area contributed by atoms with Gasteiger partial charge in [0.25, 0.3) is 0 Å². The summed E-state index contributed by atoms with van der Waals surface area (Å²) in [5.74, 6) is 0.944. The van der Waals surface area contributed by atoms with Crippen molar-refractivity contribution in [2.45, 2.75) is 31.8 Å². The van der Waals surface area contributed by atoms with Crippen LogP contribution in [-0.4, -0.2) is 24.5 Å². The van der Waals surface area contributed by atoms with Gasteiger partial charge in [-0.2, -0.15) is 0 Å². The molecule has 1 rings (SSSR count). The highest BCUT2D eigenvalue weighted by Crippen LogP contribution is 2.32. The molecule has 0 atom stereocenters. The third-order valence-electron chi connectivity index (χ3n) is 3.00. The van der Waals surface area contributed by atoms with Crippen LogP contribution in [0.15, 0.2) is 24.3 Å². The molecule has 0 aromatic heterocycles. The molecule has 4 heteroatoms. The highest BCUT2D eigenvalue weighted by molar-refractivity contribution is 6.30. The van der Waals surface area contributed by atoms with Gasteiger partial charge in [-0.05, 0) is 38.0 Å². The summed E-state index contributed by atoms with van der Waals surface area (Å²) >= 11 is 18.2. The molecule has 18 heavy (non-hydrogen) atoms. The van der Waals surface area contributed by atoms with E-state index in [9.17, 15) is 0 Å². The Balaban J connectivity index is 2.81. The van der Waals surface area contributed by atoms with Crippen molar-refractivity contribution >= 4 is 34.8 Å². The minimum Gasteiger partial charge on any atom is -0.379 e. The summed E-state index contributed by atoms with van der Waals surface area (Å²) < 4.78 is 5.60. The Labute approximate surface area is 124 Å². The van der Waals surface area contributed by atoms with E-state index in [4.69, 9.17) is 39.5 Å². The zero-order valence-corrected chi connectivity index (χ0v) is 13.0. The van der Waals surface area contributed by atoms with Crippen molar-refractivity contribution in [2.75, 3.05) is 18.4 Å². The Bertz CT molecular complexity index is 345. The Hall–Kier alpha value is 0.0500. The fraction of sp³-hybridized carbons (Fsp3) is 0.571. The summed E-state index contributed by atoms with van der Waals surface area (Å²) in [6.07, 6.45) is 1.03. The van der Waals surface area contributed by atoms with Crippen LogP contribution in [0.5, 0.6) is 0 Å². The third-order valence-corrected chi connectivity index (χ3v) is 4.28. The summed E-state index contributed by atoms with van der Waals surface area (Å²) in [5, 5.41) is 0.718. The van der Waals surface area contributed by atoms with E-state index in [0.717, 1.165) is 17.0 Å². The summed E-state index contributed by atoms with van der Waals surface area (Å²) in [4.78, 5) is 0. The van der Waals surface area contributed by atoms with Crippen LogP contribution in [0.4, 0.5) is 0 Å². The molecule has 0 amide bonds. The quantitative estimate of drug-likeness (QED) is 0.653. The van der Waals surface area contributed by atoms with Crippen LogP contribution in [0, 0.1) is 0 Å². The number of ether oxygens (including phenoxy) is 1. The SMILES string of the molecule is CC(C)OCCC(CCl)(CCl)c1ccc(Cl)cc1. The number of alkyl halides is 2. The molecule has 0 aliphatic carbocycles. The molecule has 0 heterocycles. The number of hydrogen-bond donors (Lipinski definition) is 0. The lowest BCUT2D eigenvalue weighted by molar-refractivity contribution is 0.0677. The standard InChI is InChI=1S/C14H19Cl3O/c1-11(2)18-8-7-14(9-15,10-16)12-3-5-13(17)6-4-12/h3-6,11H,7-10H2,1-2H3. The van der Waals surface area contributed by atoms with E-state index in [1.165, 1.54) is 0 Å². The Morgan fingerprint density at radius 3 is 2.11 bits per heavy atom. The predicted molar refractivity (Wildman–Crippen MR) is 80.3 cm³/mol. The lowest BCUT2D eigenvalue weighted by Crippen LogP contribution is -2.32. The minimum absolute atomic E-state index is 0.221. The van der Waals surface area contributed by atoms with Gasteiger partial charge in [-0.25, -0.2) is 0 Å². The van der Waals surface area contributed by atoms with Crippen LogP contribution in [0.2, 0.25) is 5.02 Å². The molecule has 0 aliphatic rings. The molecule has 0 radical (unpaired) electrons. The van der Waals surface area contributed by atoms with Crippen LogP contribution in [-0.2, 0) is 10.2 Å². The maximum atomic E-state index is 6.14. The van der Waals surface area contributed by atoms with Crippen molar-refractivity contribution in [1.82, 2.24) is 0 Å². The molecule has 0 unspecified atom stereocenters.